The predicted molar refractivity (Wildman–Crippen MR) is 81.8 cm³/mol. The first-order valence-electron chi connectivity index (χ1n) is 6.72. The van der Waals surface area contributed by atoms with E-state index in [0.717, 1.165) is 0 Å². The van der Waals surface area contributed by atoms with Gasteiger partial charge in [-0.1, -0.05) is 12.7 Å². The van der Waals surface area contributed by atoms with Crippen LogP contribution in [0.1, 0.15) is 12.5 Å². The van der Waals surface area contributed by atoms with Crippen molar-refractivity contribution in [3.8, 4) is 11.8 Å². The molecule has 0 bridgehead atoms. The number of hydrogen-bond donors (Lipinski definition) is 1. The van der Waals surface area contributed by atoms with Crippen LogP contribution in [0.2, 0.25) is 0 Å². The molecule has 1 amide bonds. The standard InChI is InChI=1S/C16H18N2O5/c1-4-9-22-15(20)18-16(2,14(19)21-3)11-23-13-7-5-12(10-17)6-8-13/h4-8H,1,9,11H2,2-3H3,(H,18,20)/t16-/m0/s1. The average Bonchev–Trinajstić information content (AvgIpc) is 2.57. The first-order chi connectivity index (χ1) is 10.9. The molecule has 1 atom stereocenters. The van der Waals surface area contributed by atoms with E-state index in [-0.39, 0.29) is 13.2 Å². The van der Waals surface area contributed by atoms with Crippen LogP contribution in [0.5, 0.6) is 5.75 Å². The number of rotatable bonds is 7. The van der Waals surface area contributed by atoms with Gasteiger partial charge in [-0.3, -0.25) is 0 Å². The van der Waals surface area contributed by atoms with E-state index < -0.39 is 17.6 Å². The summed E-state index contributed by atoms with van der Waals surface area (Å²) < 4.78 is 15.0. The summed E-state index contributed by atoms with van der Waals surface area (Å²) in [5.41, 5.74) is -0.944. The second-order valence-electron chi connectivity index (χ2n) is 4.76. The summed E-state index contributed by atoms with van der Waals surface area (Å²) in [6, 6.07) is 8.33. The lowest BCUT2D eigenvalue weighted by atomic mass is 10.0. The fraction of sp³-hybridized carbons (Fsp3) is 0.312. The van der Waals surface area contributed by atoms with Gasteiger partial charge in [-0.15, -0.1) is 0 Å². The van der Waals surface area contributed by atoms with Gasteiger partial charge < -0.3 is 19.5 Å². The van der Waals surface area contributed by atoms with Crippen molar-refractivity contribution in [2.24, 2.45) is 0 Å². The van der Waals surface area contributed by atoms with E-state index in [4.69, 9.17) is 19.5 Å². The minimum Gasteiger partial charge on any atom is -0.491 e. The molecule has 1 aromatic carbocycles. The Kier molecular flexibility index (Phi) is 6.62. The zero-order valence-electron chi connectivity index (χ0n) is 13.0. The highest BCUT2D eigenvalue weighted by Crippen LogP contribution is 2.15. The Morgan fingerprint density at radius 3 is 2.57 bits per heavy atom. The number of esters is 1. The molecule has 0 aliphatic heterocycles. The number of ether oxygens (including phenoxy) is 3. The molecule has 7 nitrogen and oxygen atoms in total. The Morgan fingerprint density at radius 2 is 2.04 bits per heavy atom. The highest BCUT2D eigenvalue weighted by molar-refractivity contribution is 5.85. The molecule has 122 valence electrons. The van der Waals surface area contributed by atoms with E-state index in [0.29, 0.717) is 11.3 Å². The van der Waals surface area contributed by atoms with Crippen molar-refractivity contribution < 1.29 is 23.8 Å². The summed E-state index contributed by atoms with van der Waals surface area (Å²) in [4.78, 5) is 23.6. The second-order valence-corrected chi connectivity index (χ2v) is 4.76. The van der Waals surface area contributed by atoms with Gasteiger partial charge in [0.15, 0.2) is 5.54 Å². The zero-order chi connectivity index (χ0) is 17.3. The van der Waals surface area contributed by atoms with E-state index in [1.165, 1.54) is 20.1 Å². The molecule has 0 saturated heterocycles. The van der Waals surface area contributed by atoms with E-state index in [1.54, 1.807) is 24.3 Å². The van der Waals surface area contributed by atoms with Crippen molar-refractivity contribution >= 4 is 12.1 Å². The molecule has 0 unspecified atom stereocenters. The Balaban J connectivity index is 2.76. The van der Waals surface area contributed by atoms with Crippen LogP contribution in [0.15, 0.2) is 36.9 Å². The van der Waals surface area contributed by atoms with Gasteiger partial charge in [-0.2, -0.15) is 5.26 Å². The van der Waals surface area contributed by atoms with Crippen molar-refractivity contribution in [3.05, 3.63) is 42.5 Å². The SMILES string of the molecule is C=CCOC(=O)N[C@@](C)(COc1ccc(C#N)cc1)C(=O)OC. The van der Waals surface area contributed by atoms with Crippen molar-refractivity contribution in [2.45, 2.75) is 12.5 Å². The molecule has 1 aromatic rings. The Morgan fingerprint density at radius 1 is 1.39 bits per heavy atom. The molecular weight excluding hydrogens is 300 g/mol. The topological polar surface area (TPSA) is 97.6 Å². The quantitative estimate of drug-likeness (QED) is 0.608. The fourth-order valence-electron chi connectivity index (χ4n) is 1.62. The molecule has 1 rings (SSSR count). The molecule has 0 spiro atoms. The Bertz CT molecular complexity index is 606. The van der Waals surface area contributed by atoms with E-state index >= 15 is 0 Å². The molecule has 1 N–H and O–H groups in total. The molecule has 0 saturated carbocycles. The molecule has 0 fully saturated rings. The molecule has 0 radical (unpaired) electrons. The number of methoxy groups -OCH3 is 1. The van der Waals surface area contributed by atoms with Gasteiger partial charge >= 0.3 is 12.1 Å². The van der Waals surface area contributed by atoms with Gasteiger partial charge in [0.1, 0.15) is 19.0 Å². The summed E-state index contributed by atoms with van der Waals surface area (Å²) in [5.74, 6) is -0.234. The second kappa shape index (κ2) is 8.44. The average molecular weight is 318 g/mol. The van der Waals surface area contributed by atoms with Gasteiger partial charge in [0.05, 0.1) is 18.7 Å². The lowest BCUT2D eigenvalue weighted by Gasteiger charge is -2.27. The van der Waals surface area contributed by atoms with Gasteiger partial charge in [-0.25, -0.2) is 9.59 Å². The summed E-state index contributed by atoms with van der Waals surface area (Å²) >= 11 is 0. The van der Waals surface area contributed by atoms with Gasteiger partial charge in [0, 0.05) is 0 Å². The lowest BCUT2D eigenvalue weighted by molar-refractivity contribution is -0.148. The number of carbonyl (C=O) groups excluding carboxylic acids is 2. The smallest absolute Gasteiger partial charge is 0.408 e. The number of amides is 1. The van der Waals surface area contributed by atoms with Crippen LogP contribution in [0.25, 0.3) is 0 Å². The number of benzene rings is 1. The third-order valence-corrected chi connectivity index (χ3v) is 2.86. The summed E-state index contributed by atoms with van der Waals surface area (Å²) in [7, 11) is 1.21. The molecule has 7 heteroatoms. The lowest BCUT2D eigenvalue weighted by Crippen LogP contribution is -2.56. The molecule has 23 heavy (non-hydrogen) atoms. The normalized spacial score (nSPS) is 12.2. The molecule has 0 heterocycles. The number of nitrogens with one attached hydrogen (secondary N) is 1. The molecule has 0 aliphatic carbocycles. The highest BCUT2D eigenvalue weighted by atomic mass is 16.6. The van der Waals surface area contributed by atoms with Crippen LogP contribution in [-0.2, 0) is 14.3 Å². The highest BCUT2D eigenvalue weighted by Gasteiger charge is 2.38. The van der Waals surface area contributed by atoms with Crippen molar-refractivity contribution in [1.82, 2.24) is 5.32 Å². The van der Waals surface area contributed by atoms with Crippen LogP contribution >= 0.6 is 0 Å². The van der Waals surface area contributed by atoms with Crippen LogP contribution < -0.4 is 10.1 Å². The summed E-state index contributed by atoms with van der Waals surface area (Å²) in [6.45, 7) is 4.72. The van der Waals surface area contributed by atoms with Crippen LogP contribution in [0.4, 0.5) is 4.79 Å². The summed E-state index contributed by atoms with van der Waals surface area (Å²) in [5, 5.41) is 11.2. The maximum absolute atomic E-state index is 11.9. The Labute approximate surface area is 134 Å². The van der Waals surface area contributed by atoms with E-state index in [2.05, 4.69) is 11.9 Å². The molecule has 0 aromatic heterocycles. The number of nitriles is 1. The number of alkyl carbamates (subject to hydrolysis) is 1. The van der Waals surface area contributed by atoms with Crippen LogP contribution in [-0.4, -0.2) is 37.9 Å². The largest absolute Gasteiger partial charge is 0.491 e. The van der Waals surface area contributed by atoms with Crippen molar-refractivity contribution in [3.63, 3.8) is 0 Å². The maximum atomic E-state index is 11.9. The first-order valence-corrected chi connectivity index (χ1v) is 6.72. The fourth-order valence-corrected chi connectivity index (χ4v) is 1.62. The maximum Gasteiger partial charge on any atom is 0.408 e. The monoisotopic (exact) mass is 318 g/mol. The van der Waals surface area contributed by atoms with E-state index in [1.807, 2.05) is 6.07 Å². The van der Waals surface area contributed by atoms with Crippen LogP contribution in [0.3, 0.4) is 0 Å². The van der Waals surface area contributed by atoms with Gasteiger partial charge in [0.25, 0.3) is 0 Å². The molecule has 0 aliphatic rings. The third-order valence-electron chi connectivity index (χ3n) is 2.86. The predicted octanol–water partition coefficient (Wildman–Crippen LogP) is 1.78. The number of hydrogen-bond acceptors (Lipinski definition) is 6. The van der Waals surface area contributed by atoms with Crippen molar-refractivity contribution in [1.29, 1.82) is 5.26 Å². The first kappa shape index (κ1) is 18.0. The number of nitrogens with zero attached hydrogens (tertiary/aromatic N) is 1. The number of carbonyl (C=O) groups is 2. The van der Waals surface area contributed by atoms with Crippen LogP contribution in [0, 0.1) is 11.3 Å². The zero-order valence-corrected chi connectivity index (χ0v) is 13.0. The minimum atomic E-state index is -1.43. The Hall–Kier alpha value is -3.01. The molecular formula is C16H18N2O5. The summed E-state index contributed by atoms with van der Waals surface area (Å²) in [6.07, 6.45) is 0.615. The minimum absolute atomic E-state index is 0.0135. The van der Waals surface area contributed by atoms with Gasteiger partial charge in [-0.05, 0) is 31.2 Å². The third kappa shape index (κ3) is 5.36. The van der Waals surface area contributed by atoms with Gasteiger partial charge in [0.2, 0.25) is 0 Å². The van der Waals surface area contributed by atoms with Crippen molar-refractivity contribution in [2.75, 3.05) is 20.3 Å². The van der Waals surface area contributed by atoms with E-state index in [9.17, 15) is 9.59 Å².